The summed E-state index contributed by atoms with van der Waals surface area (Å²) in [6.45, 7) is 4.40. The van der Waals surface area contributed by atoms with E-state index in [0.717, 1.165) is 0 Å². The molecule has 1 aromatic rings. The lowest BCUT2D eigenvalue weighted by Gasteiger charge is -1.83. The van der Waals surface area contributed by atoms with Gasteiger partial charge in [-0.1, -0.05) is 13.8 Å². The van der Waals surface area contributed by atoms with Crippen LogP contribution in [0.15, 0.2) is 11.4 Å². The van der Waals surface area contributed by atoms with Gasteiger partial charge in [-0.25, -0.2) is 0 Å². The lowest BCUT2D eigenvalue weighted by Crippen LogP contribution is -1.71. The van der Waals surface area contributed by atoms with E-state index in [1.54, 1.807) is 0 Å². The molecule has 0 unspecified atom stereocenters. The van der Waals surface area contributed by atoms with Crippen molar-refractivity contribution in [3.05, 3.63) is 21.9 Å². The Morgan fingerprint density at radius 3 is 2.44 bits per heavy atom. The summed E-state index contributed by atoms with van der Waals surface area (Å²) in [7, 11) is 0. The summed E-state index contributed by atoms with van der Waals surface area (Å²) in [6.07, 6.45) is 2.36. The molecule has 0 atom stereocenters. The SMILES string of the molecule is CCc1csc(CC)c1. The summed E-state index contributed by atoms with van der Waals surface area (Å²) < 4.78 is 0. The molecule has 0 aliphatic rings. The molecule has 0 aliphatic heterocycles. The lowest BCUT2D eigenvalue weighted by molar-refractivity contribution is 1.13. The summed E-state index contributed by atoms with van der Waals surface area (Å²) in [5.74, 6) is 0. The molecule has 0 N–H and O–H groups in total. The van der Waals surface area contributed by atoms with Gasteiger partial charge in [0.15, 0.2) is 0 Å². The number of hydrogen-bond donors (Lipinski definition) is 0. The van der Waals surface area contributed by atoms with Gasteiger partial charge in [0.05, 0.1) is 0 Å². The molecule has 0 saturated carbocycles. The highest BCUT2D eigenvalue weighted by atomic mass is 32.1. The summed E-state index contributed by atoms with van der Waals surface area (Å²) in [6, 6.07) is 2.30. The normalized spacial score (nSPS) is 10.0. The van der Waals surface area contributed by atoms with Gasteiger partial charge in [-0.2, -0.15) is 0 Å². The minimum absolute atomic E-state index is 1.18. The van der Waals surface area contributed by atoms with Gasteiger partial charge in [-0.3, -0.25) is 0 Å². The second-order valence-corrected chi connectivity index (χ2v) is 3.12. The lowest BCUT2D eigenvalue weighted by atomic mass is 10.2. The Labute approximate surface area is 60.5 Å². The highest BCUT2D eigenvalue weighted by molar-refractivity contribution is 7.10. The van der Waals surface area contributed by atoms with Crippen molar-refractivity contribution in [1.82, 2.24) is 0 Å². The second-order valence-electron chi connectivity index (χ2n) is 2.13. The van der Waals surface area contributed by atoms with Crippen LogP contribution in [0.25, 0.3) is 0 Å². The fourth-order valence-corrected chi connectivity index (χ4v) is 1.72. The molecule has 0 nitrogen and oxygen atoms in total. The maximum absolute atomic E-state index is 2.30. The van der Waals surface area contributed by atoms with Crippen LogP contribution in [0.5, 0.6) is 0 Å². The van der Waals surface area contributed by atoms with Crippen molar-refractivity contribution in [2.75, 3.05) is 0 Å². The highest BCUT2D eigenvalue weighted by Crippen LogP contribution is 2.14. The molecule has 1 rings (SSSR count). The van der Waals surface area contributed by atoms with Gasteiger partial charge in [0.25, 0.3) is 0 Å². The van der Waals surface area contributed by atoms with Crippen LogP contribution in [0.3, 0.4) is 0 Å². The molecule has 9 heavy (non-hydrogen) atoms. The summed E-state index contributed by atoms with van der Waals surface area (Å²) in [4.78, 5) is 1.51. The Balaban J connectivity index is 2.74. The van der Waals surface area contributed by atoms with Crippen LogP contribution in [0, 0.1) is 0 Å². The first kappa shape index (κ1) is 6.81. The van der Waals surface area contributed by atoms with E-state index < -0.39 is 0 Å². The molecular weight excluding hydrogens is 128 g/mol. The molecule has 0 aliphatic carbocycles. The first-order valence-corrected chi connectivity index (χ1v) is 4.31. The number of hydrogen-bond acceptors (Lipinski definition) is 1. The Hall–Kier alpha value is -0.300. The van der Waals surface area contributed by atoms with E-state index in [0.29, 0.717) is 0 Å². The maximum atomic E-state index is 2.30. The molecular formula is C8H12S. The van der Waals surface area contributed by atoms with Crippen LogP contribution in [-0.4, -0.2) is 0 Å². The largest absolute Gasteiger partial charge is 0.149 e. The zero-order valence-corrected chi connectivity index (χ0v) is 6.79. The molecule has 50 valence electrons. The average molecular weight is 140 g/mol. The summed E-state index contributed by atoms with van der Waals surface area (Å²) in [5, 5.41) is 2.25. The number of rotatable bonds is 2. The van der Waals surface area contributed by atoms with Crippen molar-refractivity contribution in [2.24, 2.45) is 0 Å². The maximum Gasteiger partial charge on any atom is 0.00453 e. The van der Waals surface area contributed by atoms with E-state index in [1.807, 2.05) is 11.3 Å². The smallest absolute Gasteiger partial charge is 0.00453 e. The molecule has 0 radical (unpaired) electrons. The van der Waals surface area contributed by atoms with E-state index in [4.69, 9.17) is 0 Å². The Morgan fingerprint density at radius 2 is 2.11 bits per heavy atom. The third kappa shape index (κ3) is 1.55. The van der Waals surface area contributed by atoms with Crippen molar-refractivity contribution in [3.63, 3.8) is 0 Å². The number of aryl methyl sites for hydroxylation is 2. The predicted molar refractivity (Wildman–Crippen MR) is 43.1 cm³/mol. The fourth-order valence-electron chi connectivity index (χ4n) is 0.797. The minimum atomic E-state index is 1.18. The molecule has 0 fully saturated rings. The third-order valence-electron chi connectivity index (χ3n) is 1.46. The van der Waals surface area contributed by atoms with Gasteiger partial charge in [0.2, 0.25) is 0 Å². The van der Waals surface area contributed by atoms with Gasteiger partial charge in [0, 0.05) is 4.88 Å². The zero-order valence-electron chi connectivity index (χ0n) is 5.98. The van der Waals surface area contributed by atoms with Crippen LogP contribution in [-0.2, 0) is 12.8 Å². The molecule has 0 aromatic carbocycles. The molecule has 1 heterocycles. The molecule has 0 amide bonds. The standard InChI is InChI=1S/C8H12S/c1-3-7-5-8(4-2)9-6-7/h5-6H,3-4H2,1-2H3. The first-order valence-electron chi connectivity index (χ1n) is 3.43. The van der Waals surface area contributed by atoms with Crippen LogP contribution in [0.1, 0.15) is 24.3 Å². The first-order chi connectivity index (χ1) is 4.36. The molecule has 0 bridgehead atoms. The van der Waals surface area contributed by atoms with E-state index in [1.165, 1.54) is 23.3 Å². The Kier molecular flexibility index (Phi) is 2.29. The van der Waals surface area contributed by atoms with Crippen molar-refractivity contribution < 1.29 is 0 Å². The van der Waals surface area contributed by atoms with Crippen LogP contribution in [0.4, 0.5) is 0 Å². The van der Waals surface area contributed by atoms with Gasteiger partial charge in [-0.05, 0) is 29.9 Å². The zero-order chi connectivity index (χ0) is 6.69. The van der Waals surface area contributed by atoms with Gasteiger partial charge >= 0.3 is 0 Å². The van der Waals surface area contributed by atoms with E-state index in [2.05, 4.69) is 25.3 Å². The Bertz CT molecular complexity index is 158. The van der Waals surface area contributed by atoms with Crippen molar-refractivity contribution >= 4 is 11.3 Å². The predicted octanol–water partition coefficient (Wildman–Crippen LogP) is 2.87. The van der Waals surface area contributed by atoms with E-state index in [-0.39, 0.29) is 0 Å². The molecule has 0 spiro atoms. The molecule has 1 heteroatoms. The van der Waals surface area contributed by atoms with Crippen LogP contribution >= 0.6 is 11.3 Å². The average Bonchev–Trinajstić information content (AvgIpc) is 2.34. The van der Waals surface area contributed by atoms with Gasteiger partial charge < -0.3 is 0 Å². The molecule has 1 aromatic heterocycles. The van der Waals surface area contributed by atoms with Crippen molar-refractivity contribution in [2.45, 2.75) is 26.7 Å². The van der Waals surface area contributed by atoms with E-state index in [9.17, 15) is 0 Å². The monoisotopic (exact) mass is 140 g/mol. The minimum Gasteiger partial charge on any atom is -0.149 e. The fraction of sp³-hybridized carbons (Fsp3) is 0.500. The van der Waals surface area contributed by atoms with Gasteiger partial charge in [0.1, 0.15) is 0 Å². The summed E-state index contributed by atoms with van der Waals surface area (Å²) >= 11 is 1.87. The molecule has 0 saturated heterocycles. The third-order valence-corrected chi connectivity index (χ3v) is 2.59. The van der Waals surface area contributed by atoms with Crippen molar-refractivity contribution in [3.8, 4) is 0 Å². The topological polar surface area (TPSA) is 0 Å². The quantitative estimate of drug-likeness (QED) is 0.592. The van der Waals surface area contributed by atoms with E-state index >= 15 is 0 Å². The number of thiophene rings is 1. The van der Waals surface area contributed by atoms with Gasteiger partial charge in [-0.15, -0.1) is 11.3 Å². The Morgan fingerprint density at radius 1 is 1.33 bits per heavy atom. The van der Waals surface area contributed by atoms with Crippen LogP contribution in [0.2, 0.25) is 0 Å². The van der Waals surface area contributed by atoms with Crippen LogP contribution < -0.4 is 0 Å². The second kappa shape index (κ2) is 3.02. The summed E-state index contributed by atoms with van der Waals surface area (Å²) in [5.41, 5.74) is 1.48. The highest BCUT2D eigenvalue weighted by Gasteiger charge is 1.93. The van der Waals surface area contributed by atoms with Crippen molar-refractivity contribution in [1.29, 1.82) is 0 Å².